The van der Waals surface area contributed by atoms with Crippen molar-refractivity contribution in [3.05, 3.63) is 12.2 Å². The van der Waals surface area contributed by atoms with E-state index in [4.69, 9.17) is 4.74 Å². The van der Waals surface area contributed by atoms with Crippen molar-refractivity contribution >= 4 is 5.96 Å². The summed E-state index contributed by atoms with van der Waals surface area (Å²) in [5.74, 6) is 1.86. The van der Waals surface area contributed by atoms with Crippen molar-refractivity contribution in [3.63, 3.8) is 0 Å². The third-order valence-electron chi connectivity index (χ3n) is 3.54. The van der Waals surface area contributed by atoms with Crippen LogP contribution in [0.25, 0.3) is 0 Å². The fourth-order valence-corrected chi connectivity index (χ4v) is 2.21. The van der Waals surface area contributed by atoms with Gasteiger partial charge < -0.3 is 19.9 Å². The number of rotatable bonds is 12. The van der Waals surface area contributed by atoms with Crippen molar-refractivity contribution in [2.75, 3.05) is 33.4 Å². The van der Waals surface area contributed by atoms with Crippen LogP contribution in [0.1, 0.15) is 45.4 Å². The SMILES string of the molecule is CCCCCCN=C(NCCOC)NCCn1cnnc1CC. The minimum Gasteiger partial charge on any atom is -0.383 e. The summed E-state index contributed by atoms with van der Waals surface area (Å²) < 4.78 is 7.15. The molecule has 0 atom stereocenters. The molecule has 0 radical (unpaired) electrons. The highest BCUT2D eigenvalue weighted by Crippen LogP contribution is 1.98. The molecular formula is C16H32N6O. The van der Waals surface area contributed by atoms with E-state index in [-0.39, 0.29) is 0 Å². The standard InChI is InChI=1S/C16H32N6O/c1-4-6-7-8-9-17-16(19-11-13-23-3)18-10-12-22-14-20-21-15(22)5-2/h14H,4-13H2,1-3H3,(H2,17,18,19). The van der Waals surface area contributed by atoms with Gasteiger partial charge in [-0.3, -0.25) is 4.99 Å². The summed E-state index contributed by atoms with van der Waals surface area (Å²) in [6.07, 6.45) is 7.58. The van der Waals surface area contributed by atoms with Gasteiger partial charge in [0.05, 0.1) is 6.61 Å². The molecule has 0 aromatic carbocycles. The van der Waals surface area contributed by atoms with Gasteiger partial charge in [0, 0.05) is 39.7 Å². The fourth-order valence-electron chi connectivity index (χ4n) is 2.21. The summed E-state index contributed by atoms with van der Waals surface area (Å²) in [5, 5.41) is 14.7. The van der Waals surface area contributed by atoms with E-state index in [1.807, 2.05) is 0 Å². The Morgan fingerprint density at radius 1 is 1.22 bits per heavy atom. The molecule has 0 aliphatic rings. The third kappa shape index (κ3) is 8.54. The Bertz CT molecular complexity index is 432. The van der Waals surface area contributed by atoms with Gasteiger partial charge >= 0.3 is 0 Å². The number of methoxy groups -OCH3 is 1. The van der Waals surface area contributed by atoms with Crippen molar-refractivity contribution in [1.82, 2.24) is 25.4 Å². The minimum atomic E-state index is 0.669. The Labute approximate surface area is 139 Å². The summed E-state index contributed by atoms with van der Waals surface area (Å²) in [6, 6.07) is 0. The van der Waals surface area contributed by atoms with Gasteiger partial charge in [-0.05, 0) is 6.42 Å². The maximum atomic E-state index is 5.08. The second kappa shape index (κ2) is 12.9. The molecule has 0 bridgehead atoms. The molecule has 23 heavy (non-hydrogen) atoms. The van der Waals surface area contributed by atoms with Gasteiger partial charge in [-0.1, -0.05) is 33.1 Å². The smallest absolute Gasteiger partial charge is 0.191 e. The molecule has 0 saturated heterocycles. The van der Waals surface area contributed by atoms with Crippen LogP contribution in [0.5, 0.6) is 0 Å². The molecule has 7 heteroatoms. The molecule has 132 valence electrons. The Morgan fingerprint density at radius 2 is 2.04 bits per heavy atom. The molecule has 1 aromatic heterocycles. The molecule has 0 saturated carbocycles. The molecule has 2 N–H and O–H groups in total. The lowest BCUT2D eigenvalue weighted by Gasteiger charge is -2.13. The first-order chi connectivity index (χ1) is 11.3. The topological polar surface area (TPSA) is 76.4 Å². The van der Waals surface area contributed by atoms with Gasteiger partial charge in [0.25, 0.3) is 0 Å². The predicted molar refractivity (Wildman–Crippen MR) is 93.7 cm³/mol. The normalized spacial score (nSPS) is 11.7. The van der Waals surface area contributed by atoms with E-state index in [0.29, 0.717) is 6.61 Å². The first kappa shape index (κ1) is 19.4. The van der Waals surface area contributed by atoms with Crippen LogP contribution in [0.15, 0.2) is 11.3 Å². The number of hydrogen-bond acceptors (Lipinski definition) is 4. The molecule has 1 rings (SSSR count). The highest BCUT2D eigenvalue weighted by atomic mass is 16.5. The van der Waals surface area contributed by atoms with Gasteiger partial charge in [-0.25, -0.2) is 0 Å². The summed E-state index contributed by atoms with van der Waals surface area (Å²) >= 11 is 0. The van der Waals surface area contributed by atoms with E-state index < -0.39 is 0 Å². The zero-order valence-electron chi connectivity index (χ0n) is 14.8. The largest absolute Gasteiger partial charge is 0.383 e. The molecule has 7 nitrogen and oxygen atoms in total. The van der Waals surface area contributed by atoms with Crippen molar-refractivity contribution in [3.8, 4) is 0 Å². The average Bonchev–Trinajstić information content (AvgIpc) is 3.02. The summed E-state index contributed by atoms with van der Waals surface area (Å²) in [7, 11) is 1.70. The molecule has 0 amide bonds. The Hall–Kier alpha value is -1.63. The summed E-state index contributed by atoms with van der Waals surface area (Å²) in [4.78, 5) is 4.63. The first-order valence-corrected chi connectivity index (χ1v) is 8.69. The maximum Gasteiger partial charge on any atom is 0.191 e. The number of aromatic nitrogens is 3. The van der Waals surface area contributed by atoms with Crippen molar-refractivity contribution in [1.29, 1.82) is 0 Å². The van der Waals surface area contributed by atoms with E-state index in [2.05, 4.69) is 44.2 Å². The van der Waals surface area contributed by atoms with Gasteiger partial charge in [0.1, 0.15) is 12.2 Å². The number of hydrogen-bond donors (Lipinski definition) is 2. The lowest BCUT2D eigenvalue weighted by atomic mass is 10.2. The lowest BCUT2D eigenvalue weighted by Crippen LogP contribution is -2.40. The number of unbranched alkanes of at least 4 members (excludes halogenated alkanes) is 3. The third-order valence-corrected chi connectivity index (χ3v) is 3.54. The molecule has 0 aliphatic carbocycles. The van der Waals surface area contributed by atoms with E-state index in [1.54, 1.807) is 13.4 Å². The first-order valence-electron chi connectivity index (χ1n) is 8.69. The quantitative estimate of drug-likeness (QED) is 0.347. The van der Waals surface area contributed by atoms with Gasteiger partial charge in [0.2, 0.25) is 0 Å². The highest BCUT2D eigenvalue weighted by molar-refractivity contribution is 5.79. The zero-order chi connectivity index (χ0) is 16.8. The summed E-state index contributed by atoms with van der Waals surface area (Å²) in [5.41, 5.74) is 0. The van der Waals surface area contributed by atoms with E-state index >= 15 is 0 Å². The van der Waals surface area contributed by atoms with Crippen molar-refractivity contribution in [2.45, 2.75) is 52.5 Å². The summed E-state index contributed by atoms with van der Waals surface area (Å²) in [6.45, 7) is 8.21. The zero-order valence-corrected chi connectivity index (χ0v) is 14.8. The van der Waals surface area contributed by atoms with Crippen molar-refractivity contribution in [2.24, 2.45) is 4.99 Å². The van der Waals surface area contributed by atoms with Crippen LogP contribution < -0.4 is 10.6 Å². The molecule has 0 unspecified atom stereocenters. The minimum absolute atomic E-state index is 0.669. The van der Waals surface area contributed by atoms with Crippen LogP contribution in [0.4, 0.5) is 0 Å². The van der Waals surface area contributed by atoms with E-state index in [0.717, 1.165) is 50.8 Å². The molecule has 0 spiro atoms. The van der Waals surface area contributed by atoms with Gasteiger partial charge in [-0.15, -0.1) is 10.2 Å². The second-order valence-corrected chi connectivity index (χ2v) is 5.43. The number of nitrogens with zero attached hydrogens (tertiary/aromatic N) is 4. The Balaban J connectivity index is 2.36. The number of ether oxygens (including phenoxy) is 1. The Kier molecular flexibility index (Phi) is 10.9. The van der Waals surface area contributed by atoms with E-state index in [1.165, 1.54) is 19.3 Å². The number of nitrogens with one attached hydrogen (secondary N) is 2. The molecule has 0 fully saturated rings. The van der Waals surface area contributed by atoms with Gasteiger partial charge in [0.15, 0.2) is 5.96 Å². The van der Waals surface area contributed by atoms with Crippen LogP contribution in [-0.2, 0) is 17.7 Å². The second-order valence-electron chi connectivity index (χ2n) is 5.43. The van der Waals surface area contributed by atoms with Crippen LogP contribution in [-0.4, -0.2) is 54.1 Å². The van der Waals surface area contributed by atoms with E-state index in [9.17, 15) is 0 Å². The average molecular weight is 324 g/mol. The van der Waals surface area contributed by atoms with Crippen LogP contribution in [0.2, 0.25) is 0 Å². The maximum absolute atomic E-state index is 5.08. The van der Waals surface area contributed by atoms with Gasteiger partial charge in [-0.2, -0.15) is 0 Å². The van der Waals surface area contributed by atoms with Crippen molar-refractivity contribution < 1.29 is 4.74 Å². The number of aliphatic imine (C=N–C) groups is 1. The Morgan fingerprint density at radius 3 is 2.78 bits per heavy atom. The van der Waals surface area contributed by atoms with Crippen LogP contribution >= 0.6 is 0 Å². The lowest BCUT2D eigenvalue weighted by molar-refractivity contribution is 0.203. The number of aryl methyl sites for hydroxylation is 1. The number of guanidine groups is 1. The molecule has 1 aromatic rings. The molecular weight excluding hydrogens is 292 g/mol. The predicted octanol–water partition coefficient (Wildman–Crippen LogP) is 1.60. The van der Waals surface area contributed by atoms with Crippen LogP contribution in [0, 0.1) is 0 Å². The molecule has 0 aliphatic heterocycles. The monoisotopic (exact) mass is 324 g/mol. The highest BCUT2D eigenvalue weighted by Gasteiger charge is 2.02. The van der Waals surface area contributed by atoms with Crippen LogP contribution in [0.3, 0.4) is 0 Å². The fraction of sp³-hybridized carbons (Fsp3) is 0.812. The molecule has 1 heterocycles.